The van der Waals surface area contributed by atoms with Crippen LogP contribution >= 0.6 is 0 Å². The summed E-state index contributed by atoms with van der Waals surface area (Å²) >= 11 is 0. The smallest absolute Gasteiger partial charge is 0.0699 e. The first-order chi connectivity index (χ1) is 6.22. The second-order valence-corrected chi connectivity index (χ2v) is 3.99. The Morgan fingerprint density at radius 3 is 3.00 bits per heavy atom. The molecule has 13 heavy (non-hydrogen) atoms. The van der Waals surface area contributed by atoms with Crippen LogP contribution in [0.25, 0.3) is 0 Å². The third kappa shape index (κ3) is 4.07. The summed E-state index contributed by atoms with van der Waals surface area (Å²) in [6.07, 6.45) is 2.67. The third-order valence-corrected chi connectivity index (χ3v) is 2.44. The van der Waals surface area contributed by atoms with Gasteiger partial charge in [-0.1, -0.05) is 6.92 Å². The van der Waals surface area contributed by atoms with Crippen LogP contribution in [-0.4, -0.2) is 43.3 Å². The van der Waals surface area contributed by atoms with E-state index in [1.165, 1.54) is 0 Å². The minimum absolute atomic E-state index is 0.274. The maximum absolute atomic E-state index is 5.78. The molecule has 2 N–H and O–H groups in total. The molecule has 0 bridgehead atoms. The summed E-state index contributed by atoms with van der Waals surface area (Å²) in [5.41, 5.74) is 5.78. The highest BCUT2D eigenvalue weighted by molar-refractivity contribution is 4.71. The van der Waals surface area contributed by atoms with Gasteiger partial charge in [0.1, 0.15) is 0 Å². The SMILES string of the molecule is CCC1CN(C[C@@H](C)N)CCCO1. The van der Waals surface area contributed by atoms with Crippen LogP contribution in [0.4, 0.5) is 0 Å². The Morgan fingerprint density at radius 2 is 2.38 bits per heavy atom. The molecule has 0 spiro atoms. The molecule has 0 radical (unpaired) electrons. The molecule has 0 amide bonds. The van der Waals surface area contributed by atoms with Crippen LogP contribution in [0, 0.1) is 0 Å². The van der Waals surface area contributed by atoms with Gasteiger partial charge in [0.2, 0.25) is 0 Å². The Morgan fingerprint density at radius 1 is 1.62 bits per heavy atom. The van der Waals surface area contributed by atoms with Gasteiger partial charge in [0.15, 0.2) is 0 Å². The number of hydrogen-bond acceptors (Lipinski definition) is 3. The van der Waals surface area contributed by atoms with Gasteiger partial charge in [-0.15, -0.1) is 0 Å². The van der Waals surface area contributed by atoms with Gasteiger partial charge in [-0.05, 0) is 19.8 Å². The second-order valence-electron chi connectivity index (χ2n) is 3.99. The average molecular weight is 186 g/mol. The fourth-order valence-corrected chi connectivity index (χ4v) is 1.79. The zero-order valence-electron chi connectivity index (χ0n) is 8.83. The van der Waals surface area contributed by atoms with E-state index in [0.29, 0.717) is 6.10 Å². The van der Waals surface area contributed by atoms with E-state index in [1.54, 1.807) is 0 Å². The summed E-state index contributed by atoms with van der Waals surface area (Å²) in [5, 5.41) is 0. The van der Waals surface area contributed by atoms with E-state index in [-0.39, 0.29) is 6.04 Å². The maximum atomic E-state index is 5.78. The van der Waals surface area contributed by atoms with Gasteiger partial charge in [-0.3, -0.25) is 4.90 Å². The Kier molecular flexibility index (Phi) is 4.70. The van der Waals surface area contributed by atoms with Gasteiger partial charge >= 0.3 is 0 Å². The van der Waals surface area contributed by atoms with E-state index < -0.39 is 0 Å². The van der Waals surface area contributed by atoms with Gasteiger partial charge in [-0.25, -0.2) is 0 Å². The summed E-state index contributed by atoms with van der Waals surface area (Å²) < 4.78 is 5.68. The van der Waals surface area contributed by atoms with Crippen molar-refractivity contribution in [3.05, 3.63) is 0 Å². The van der Waals surface area contributed by atoms with E-state index >= 15 is 0 Å². The highest BCUT2D eigenvalue weighted by Gasteiger charge is 2.17. The third-order valence-electron chi connectivity index (χ3n) is 2.44. The first-order valence-electron chi connectivity index (χ1n) is 5.32. The summed E-state index contributed by atoms with van der Waals surface area (Å²) in [4.78, 5) is 2.42. The van der Waals surface area contributed by atoms with Gasteiger partial charge in [0, 0.05) is 32.3 Å². The molecule has 0 saturated carbocycles. The van der Waals surface area contributed by atoms with Crippen LogP contribution in [0.15, 0.2) is 0 Å². The summed E-state index contributed by atoms with van der Waals surface area (Å²) in [6, 6.07) is 0.274. The number of hydrogen-bond donors (Lipinski definition) is 1. The first kappa shape index (κ1) is 11.0. The largest absolute Gasteiger partial charge is 0.377 e. The molecular weight excluding hydrogens is 164 g/mol. The lowest BCUT2D eigenvalue weighted by molar-refractivity contribution is 0.0515. The molecule has 2 atom stereocenters. The highest BCUT2D eigenvalue weighted by atomic mass is 16.5. The Labute approximate surface area is 81.2 Å². The van der Waals surface area contributed by atoms with E-state index in [1.807, 2.05) is 0 Å². The number of rotatable bonds is 3. The monoisotopic (exact) mass is 186 g/mol. The van der Waals surface area contributed by atoms with Crippen LogP contribution in [-0.2, 0) is 4.74 Å². The minimum atomic E-state index is 0.274. The molecule has 78 valence electrons. The molecule has 1 fully saturated rings. The van der Waals surface area contributed by atoms with Gasteiger partial charge < -0.3 is 10.5 Å². The van der Waals surface area contributed by atoms with E-state index in [9.17, 15) is 0 Å². The van der Waals surface area contributed by atoms with Crippen molar-refractivity contribution < 1.29 is 4.74 Å². The van der Waals surface area contributed by atoms with Crippen molar-refractivity contribution in [2.24, 2.45) is 5.73 Å². The van der Waals surface area contributed by atoms with Gasteiger partial charge in [0.25, 0.3) is 0 Å². The van der Waals surface area contributed by atoms with Crippen molar-refractivity contribution in [2.45, 2.75) is 38.8 Å². The van der Waals surface area contributed by atoms with Gasteiger partial charge in [0.05, 0.1) is 6.10 Å². The quantitative estimate of drug-likeness (QED) is 0.709. The zero-order valence-corrected chi connectivity index (χ0v) is 8.83. The standard InChI is InChI=1S/C10H22N2O/c1-3-10-8-12(7-9(2)11)5-4-6-13-10/h9-10H,3-8,11H2,1-2H3/t9-,10?/m1/s1. The molecule has 1 aliphatic heterocycles. The summed E-state index contributed by atoms with van der Waals surface area (Å²) in [6.45, 7) is 8.34. The summed E-state index contributed by atoms with van der Waals surface area (Å²) in [5.74, 6) is 0. The lowest BCUT2D eigenvalue weighted by atomic mass is 10.2. The number of nitrogens with two attached hydrogens (primary N) is 1. The minimum Gasteiger partial charge on any atom is -0.377 e. The molecule has 1 unspecified atom stereocenters. The molecule has 1 saturated heterocycles. The predicted octanol–water partition coefficient (Wildman–Crippen LogP) is 0.834. The Balaban J connectivity index is 2.35. The maximum Gasteiger partial charge on any atom is 0.0699 e. The second kappa shape index (κ2) is 5.58. The normalized spacial score (nSPS) is 28.4. The fourth-order valence-electron chi connectivity index (χ4n) is 1.79. The fraction of sp³-hybridized carbons (Fsp3) is 1.00. The zero-order chi connectivity index (χ0) is 9.68. The molecule has 3 heteroatoms. The van der Waals surface area contributed by atoms with E-state index in [4.69, 9.17) is 10.5 Å². The van der Waals surface area contributed by atoms with Crippen molar-refractivity contribution in [1.82, 2.24) is 4.90 Å². The molecule has 1 heterocycles. The topological polar surface area (TPSA) is 38.5 Å². The molecule has 0 aromatic carbocycles. The van der Waals surface area contributed by atoms with Crippen LogP contribution in [0.1, 0.15) is 26.7 Å². The lowest BCUT2D eigenvalue weighted by Gasteiger charge is -2.24. The van der Waals surface area contributed by atoms with Crippen LogP contribution in [0.5, 0.6) is 0 Å². The molecular formula is C10H22N2O. The summed E-state index contributed by atoms with van der Waals surface area (Å²) in [7, 11) is 0. The van der Waals surface area contributed by atoms with Crippen molar-refractivity contribution in [3.8, 4) is 0 Å². The molecule has 0 aromatic heterocycles. The van der Waals surface area contributed by atoms with Crippen LogP contribution < -0.4 is 5.73 Å². The molecule has 0 aromatic rings. The Bertz CT molecular complexity index is 139. The van der Waals surface area contributed by atoms with Crippen LogP contribution in [0.2, 0.25) is 0 Å². The van der Waals surface area contributed by atoms with Crippen molar-refractivity contribution in [2.75, 3.05) is 26.2 Å². The number of nitrogens with zero attached hydrogens (tertiary/aromatic N) is 1. The van der Waals surface area contributed by atoms with Crippen molar-refractivity contribution >= 4 is 0 Å². The van der Waals surface area contributed by atoms with E-state index in [0.717, 1.165) is 39.1 Å². The first-order valence-corrected chi connectivity index (χ1v) is 5.32. The van der Waals surface area contributed by atoms with E-state index in [2.05, 4.69) is 18.7 Å². The molecule has 0 aliphatic carbocycles. The van der Waals surface area contributed by atoms with Crippen LogP contribution in [0.3, 0.4) is 0 Å². The predicted molar refractivity (Wildman–Crippen MR) is 54.7 cm³/mol. The highest BCUT2D eigenvalue weighted by Crippen LogP contribution is 2.08. The van der Waals surface area contributed by atoms with Crippen molar-refractivity contribution in [1.29, 1.82) is 0 Å². The molecule has 3 nitrogen and oxygen atoms in total. The van der Waals surface area contributed by atoms with Crippen molar-refractivity contribution in [3.63, 3.8) is 0 Å². The molecule has 1 rings (SSSR count). The van der Waals surface area contributed by atoms with Gasteiger partial charge in [-0.2, -0.15) is 0 Å². The Hall–Kier alpha value is -0.120. The number of ether oxygens (including phenoxy) is 1. The molecule has 1 aliphatic rings. The lowest BCUT2D eigenvalue weighted by Crippen LogP contribution is -2.39. The average Bonchev–Trinajstić information content (AvgIpc) is 2.28.